The standard InChI is InChI=1S/C15H18F4N2/c16-13-5-4-11(15(17,18)19)9-14(13)21-8-2-7-20-6-1-3-12(20)10-21/h4-5,9,12H,1-3,6-8,10H2. The van der Waals surface area contributed by atoms with Crippen LogP contribution in [0.15, 0.2) is 18.2 Å². The zero-order valence-electron chi connectivity index (χ0n) is 11.7. The van der Waals surface area contributed by atoms with Crippen molar-refractivity contribution in [1.82, 2.24) is 4.90 Å². The highest BCUT2D eigenvalue weighted by Crippen LogP contribution is 2.34. The number of fused-ring (bicyclic) bond motifs is 1. The van der Waals surface area contributed by atoms with Crippen LogP contribution >= 0.6 is 0 Å². The zero-order valence-corrected chi connectivity index (χ0v) is 11.7. The summed E-state index contributed by atoms with van der Waals surface area (Å²) in [7, 11) is 0. The molecule has 2 aliphatic heterocycles. The van der Waals surface area contributed by atoms with Gasteiger partial charge in [-0.15, -0.1) is 0 Å². The number of alkyl halides is 3. The highest BCUT2D eigenvalue weighted by atomic mass is 19.4. The monoisotopic (exact) mass is 302 g/mol. The summed E-state index contributed by atoms with van der Waals surface area (Å²) in [6.45, 7) is 3.20. The van der Waals surface area contributed by atoms with Gasteiger partial charge in [0.25, 0.3) is 0 Å². The Morgan fingerprint density at radius 3 is 2.57 bits per heavy atom. The van der Waals surface area contributed by atoms with Crippen molar-refractivity contribution in [3.05, 3.63) is 29.6 Å². The molecule has 1 aromatic carbocycles. The molecule has 1 aromatic rings. The SMILES string of the molecule is Fc1ccc(C(F)(F)F)cc1N1CCCN2CCCC2C1. The normalized spacial score (nSPS) is 24.0. The Bertz CT molecular complexity index is 515. The van der Waals surface area contributed by atoms with Gasteiger partial charge in [0.1, 0.15) is 5.82 Å². The molecule has 1 atom stereocenters. The van der Waals surface area contributed by atoms with E-state index in [1.54, 1.807) is 4.90 Å². The number of anilines is 1. The van der Waals surface area contributed by atoms with Crippen molar-refractivity contribution in [2.45, 2.75) is 31.5 Å². The predicted octanol–water partition coefficient (Wildman–Crippen LogP) is 3.52. The smallest absolute Gasteiger partial charge is 0.368 e. The summed E-state index contributed by atoms with van der Waals surface area (Å²) in [6.07, 6.45) is -1.43. The Kier molecular flexibility index (Phi) is 3.82. The fourth-order valence-corrected chi connectivity index (χ4v) is 3.36. The molecule has 0 amide bonds. The number of rotatable bonds is 1. The number of hydrogen-bond acceptors (Lipinski definition) is 2. The molecule has 0 saturated carbocycles. The van der Waals surface area contributed by atoms with Crippen LogP contribution in [0.2, 0.25) is 0 Å². The van der Waals surface area contributed by atoms with E-state index in [-0.39, 0.29) is 5.69 Å². The van der Waals surface area contributed by atoms with Crippen LogP contribution in [0.5, 0.6) is 0 Å². The summed E-state index contributed by atoms with van der Waals surface area (Å²) < 4.78 is 52.4. The molecule has 0 spiro atoms. The molecule has 2 aliphatic rings. The molecule has 0 radical (unpaired) electrons. The van der Waals surface area contributed by atoms with Gasteiger partial charge >= 0.3 is 6.18 Å². The second kappa shape index (κ2) is 5.48. The lowest BCUT2D eigenvalue weighted by Crippen LogP contribution is -2.37. The highest BCUT2D eigenvalue weighted by molar-refractivity contribution is 5.51. The van der Waals surface area contributed by atoms with Crippen LogP contribution in [0.3, 0.4) is 0 Å². The molecule has 6 heteroatoms. The Morgan fingerprint density at radius 1 is 1.05 bits per heavy atom. The van der Waals surface area contributed by atoms with Crippen molar-refractivity contribution < 1.29 is 17.6 Å². The molecule has 0 bridgehead atoms. The maximum Gasteiger partial charge on any atom is 0.416 e. The van der Waals surface area contributed by atoms with Gasteiger partial charge < -0.3 is 4.90 Å². The molecule has 2 fully saturated rings. The van der Waals surface area contributed by atoms with Crippen LogP contribution in [0.4, 0.5) is 23.2 Å². The van der Waals surface area contributed by atoms with Crippen molar-refractivity contribution in [3.8, 4) is 0 Å². The van der Waals surface area contributed by atoms with Gasteiger partial charge in [0, 0.05) is 25.7 Å². The molecule has 1 unspecified atom stereocenters. The maximum atomic E-state index is 14.0. The van der Waals surface area contributed by atoms with E-state index in [2.05, 4.69) is 4.90 Å². The second-order valence-corrected chi connectivity index (χ2v) is 5.80. The van der Waals surface area contributed by atoms with E-state index < -0.39 is 17.6 Å². The quantitative estimate of drug-likeness (QED) is 0.732. The fraction of sp³-hybridized carbons (Fsp3) is 0.600. The number of nitrogens with zero attached hydrogens (tertiary/aromatic N) is 2. The Balaban J connectivity index is 1.88. The minimum atomic E-state index is -4.44. The second-order valence-electron chi connectivity index (χ2n) is 5.80. The van der Waals surface area contributed by atoms with E-state index in [0.29, 0.717) is 19.1 Å². The summed E-state index contributed by atoms with van der Waals surface area (Å²) in [4.78, 5) is 4.14. The predicted molar refractivity (Wildman–Crippen MR) is 72.8 cm³/mol. The number of hydrogen-bond donors (Lipinski definition) is 0. The van der Waals surface area contributed by atoms with Gasteiger partial charge in [-0.25, -0.2) is 4.39 Å². The largest absolute Gasteiger partial charge is 0.416 e. The van der Waals surface area contributed by atoms with E-state index in [1.807, 2.05) is 0 Å². The molecule has 3 rings (SSSR count). The van der Waals surface area contributed by atoms with Crippen molar-refractivity contribution >= 4 is 5.69 Å². The molecular formula is C15H18F4N2. The van der Waals surface area contributed by atoms with E-state index in [4.69, 9.17) is 0 Å². The van der Waals surface area contributed by atoms with Gasteiger partial charge in [-0.1, -0.05) is 0 Å². The van der Waals surface area contributed by atoms with Crippen LogP contribution in [-0.4, -0.2) is 37.1 Å². The lowest BCUT2D eigenvalue weighted by Gasteiger charge is -2.28. The van der Waals surface area contributed by atoms with E-state index in [0.717, 1.165) is 50.6 Å². The molecule has 2 nitrogen and oxygen atoms in total. The third-order valence-electron chi connectivity index (χ3n) is 4.42. The zero-order chi connectivity index (χ0) is 15.0. The van der Waals surface area contributed by atoms with Gasteiger partial charge in [-0.05, 0) is 44.0 Å². The molecule has 116 valence electrons. The first-order valence-corrected chi connectivity index (χ1v) is 7.31. The first-order valence-electron chi connectivity index (χ1n) is 7.31. The first-order chi connectivity index (χ1) is 9.95. The molecular weight excluding hydrogens is 284 g/mol. The van der Waals surface area contributed by atoms with Gasteiger partial charge in [-0.2, -0.15) is 13.2 Å². The van der Waals surface area contributed by atoms with Gasteiger partial charge in [0.05, 0.1) is 11.3 Å². The number of halogens is 4. The molecule has 0 aromatic heterocycles. The lowest BCUT2D eigenvalue weighted by molar-refractivity contribution is -0.137. The highest BCUT2D eigenvalue weighted by Gasteiger charge is 2.33. The lowest BCUT2D eigenvalue weighted by atomic mass is 10.1. The van der Waals surface area contributed by atoms with E-state index in [9.17, 15) is 17.6 Å². The van der Waals surface area contributed by atoms with Crippen molar-refractivity contribution in [1.29, 1.82) is 0 Å². The van der Waals surface area contributed by atoms with Crippen LogP contribution in [0, 0.1) is 5.82 Å². The third-order valence-corrected chi connectivity index (χ3v) is 4.42. The van der Waals surface area contributed by atoms with Crippen molar-refractivity contribution in [2.24, 2.45) is 0 Å². The summed E-state index contributed by atoms with van der Waals surface area (Å²) in [5.41, 5.74) is -0.704. The molecule has 0 N–H and O–H groups in total. The van der Waals surface area contributed by atoms with Crippen LogP contribution in [0.25, 0.3) is 0 Å². The van der Waals surface area contributed by atoms with E-state index in [1.165, 1.54) is 0 Å². The average molecular weight is 302 g/mol. The Labute approximate surface area is 121 Å². The summed E-state index contributed by atoms with van der Waals surface area (Å²) in [6, 6.07) is 3.01. The topological polar surface area (TPSA) is 6.48 Å². The summed E-state index contributed by atoms with van der Waals surface area (Å²) >= 11 is 0. The van der Waals surface area contributed by atoms with Gasteiger partial charge in [-0.3, -0.25) is 4.90 Å². The third kappa shape index (κ3) is 3.00. The van der Waals surface area contributed by atoms with Crippen molar-refractivity contribution in [2.75, 3.05) is 31.1 Å². The number of benzene rings is 1. The van der Waals surface area contributed by atoms with Crippen LogP contribution < -0.4 is 4.90 Å². The molecule has 2 saturated heterocycles. The average Bonchev–Trinajstić information content (AvgIpc) is 2.75. The van der Waals surface area contributed by atoms with Crippen LogP contribution in [0.1, 0.15) is 24.8 Å². The van der Waals surface area contributed by atoms with E-state index >= 15 is 0 Å². The molecule has 21 heavy (non-hydrogen) atoms. The Hall–Kier alpha value is -1.30. The maximum absolute atomic E-state index is 14.0. The molecule has 2 heterocycles. The van der Waals surface area contributed by atoms with Gasteiger partial charge in [0.2, 0.25) is 0 Å². The minimum Gasteiger partial charge on any atom is -0.368 e. The molecule has 0 aliphatic carbocycles. The first kappa shape index (κ1) is 14.6. The minimum absolute atomic E-state index is 0.0820. The summed E-state index contributed by atoms with van der Waals surface area (Å²) in [5, 5.41) is 0. The fourth-order valence-electron chi connectivity index (χ4n) is 3.36. The van der Waals surface area contributed by atoms with Crippen LogP contribution in [-0.2, 0) is 6.18 Å². The summed E-state index contributed by atoms with van der Waals surface area (Å²) in [5.74, 6) is -0.575. The Morgan fingerprint density at radius 2 is 1.81 bits per heavy atom. The van der Waals surface area contributed by atoms with Crippen molar-refractivity contribution in [3.63, 3.8) is 0 Å². The van der Waals surface area contributed by atoms with Gasteiger partial charge in [0.15, 0.2) is 0 Å².